The van der Waals surface area contributed by atoms with E-state index < -0.39 is 24.0 Å². The van der Waals surface area contributed by atoms with Crippen LogP contribution in [0.5, 0.6) is 0 Å². The van der Waals surface area contributed by atoms with Gasteiger partial charge >= 0.3 is 24.0 Å². The second-order valence-electron chi connectivity index (χ2n) is 4.74. The van der Waals surface area contributed by atoms with E-state index in [0.29, 0.717) is 11.3 Å². The van der Waals surface area contributed by atoms with Crippen molar-refractivity contribution in [3.8, 4) is 11.3 Å². The number of nitrogens with one attached hydrogen (secondary N) is 2. The monoisotopic (exact) mass is 387 g/mol. The minimum absolute atomic E-state index is 0.0258. The molecular weight excluding hydrogens is 375 g/mol. The third-order valence-electron chi connectivity index (χ3n) is 2.88. The fourth-order valence-electron chi connectivity index (χ4n) is 1.73. The molecule has 0 radical (unpaired) electrons. The molecule has 1 aromatic carbocycles. The summed E-state index contributed by atoms with van der Waals surface area (Å²) in [5.74, 6) is -4.06. The molecule has 0 saturated heterocycles. The zero-order valence-corrected chi connectivity index (χ0v) is 14.0. The third kappa shape index (κ3) is 5.02. The lowest BCUT2D eigenvalue weighted by atomic mass is 10.1. The molecule has 0 atom stereocenters. The number of nitrogens with zero attached hydrogens (tertiary/aromatic N) is 1. The number of esters is 1. The molecule has 0 aliphatic rings. The summed E-state index contributed by atoms with van der Waals surface area (Å²) in [6, 6.07) is 5.49. The Kier molecular flexibility index (Phi) is 5.93. The first-order valence-corrected chi connectivity index (χ1v) is 8.01. The average Bonchev–Trinajstić information content (AvgIpc) is 3.03. The predicted octanol–water partition coefficient (Wildman–Crippen LogP) is 2.81. The number of halogens is 3. The van der Waals surface area contributed by atoms with Gasteiger partial charge in [0.2, 0.25) is 0 Å². The number of ether oxygens (including phenoxy) is 1. The van der Waals surface area contributed by atoms with Gasteiger partial charge in [-0.2, -0.15) is 13.2 Å². The summed E-state index contributed by atoms with van der Waals surface area (Å²) in [5, 5.41) is 5.76. The molecule has 138 valence electrons. The standard InChI is InChI=1S/C15H12F3N3O4S/c1-2-25-12(23)11(22)21-14-20-10(7-26-14)8-3-5-9(6-4-8)19-13(24)15(16,17)18/h3-7H,2H2,1H3,(H,19,24)(H,20,21,22). The van der Waals surface area contributed by atoms with Gasteiger partial charge in [-0.25, -0.2) is 9.78 Å². The lowest BCUT2D eigenvalue weighted by molar-refractivity contribution is -0.167. The maximum atomic E-state index is 12.2. The Hall–Kier alpha value is -2.95. The molecule has 1 aromatic heterocycles. The number of carbonyl (C=O) groups excluding carboxylic acids is 3. The van der Waals surface area contributed by atoms with Crippen LogP contribution in [0.15, 0.2) is 29.6 Å². The molecule has 2 aromatic rings. The number of aromatic nitrogens is 1. The molecule has 26 heavy (non-hydrogen) atoms. The van der Waals surface area contributed by atoms with Crippen LogP contribution in [-0.2, 0) is 19.1 Å². The van der Waals surface area contributed by atoms with Gasteiger partial charge in [-0.15, -0.1) is 11.3 Å². The molecule has 0 aliphatic carbocycles. The molecule has 0 spiro atoms. The SMILES string of the molecule is CCOC(=O)C(=O)Nc1nc(-c2ccc(NC(=O)C(F)(F)F)cc2)cs1. The van der Waals surface area contributed by atoms with E-state index >= 15 is 0 Å². The van der Waals surface area contributed by atoms with Gasteiger partial charge in [0.25, 0.3) is 0 Å². The molecule has 0 fully saturated rings. The van der Waals surface area contributed by atoms with Gasteiger partial charge in [-0.3, -0.25) is 14.9 Å². The molecule has 2 rings (SSSR count). The first kappa shape index (κ1) is 19.4. The van der Waals surface area contributed by atoms with Crippen molar-refractivity contribution >= 4 is 39.9 Å². The van der Waals surface area contributed by atoms with Crippen molar-refractivity contribution in [2.24, 2.45) is 0 Å². The summed E-state index contributed by atoms with van der Waals surface area (Å²) >= 11 is 1.06. The Morgan fingerprint density at radius 3 is 2.38 bits per heavy atom. The van der Waals surface area contributed by atoms with Crippen LogP contribution in [-0.4, -0.2) is 35.6 Å². The maximum absolute atomic E-state index is 12.2. The molecule has 2 N–H and O–H groups in total. The fourth-order valence-corrected chi connectivity index (χ4v) is 2.45. The zero-order chi connectivity index (χ0) is 19.3. The van der Waals surface area contributed by atoms with E-state index in [0.717, 1.165) is 11.3 Å². The van der Waals surface area contributed by atoms with Crippen molar-refractivity contribution in [1.82, 2.24) is 4.98 Å². The number of carbonyl (C=O) groups is 3. The van der Waals surface area contributed by atoms with Crippen LogP contribution in [0.4, 0.5) is 24.0 Å². The van der Waals surface area contributed by atoms with E-state index in [4.69, 9.17) is 0 Å². The second kappa shape index (κ2) is 7.95. The van der Waals surface area contributed by atoms with Crippen molar-refractivity contribution in [2.75, 3.05) is 17.2 Å². The van der Waals surface area contributed by atoms with Gasteiger partial charge in [0, 0.05) is 16.6 Å². The zero-order valence-electron chi connectivity index (χ0n) is 13.2. The van der Waals surface area contributed by atoms with E-state index in [1.165, 1.54) is 24.3 Å². The normalized spacial score (nSPS) is 10.9. The largest absolute Gasteiger partial charge is 0.471 e. The van der Waals surface area contributed by atoms with Crippen molar-refractivity contribution in [1.29, 1.82) is 0 Å². The first-order valence-electron chi connectivity index (χ1n) is 7.13. The third-order valence-corrected chi connectivity index (χ3v) is 3.64. The Labute approximate surface area is 149 Å². The molecule has 1 heterocycles. The van der Waals surface area contributed by atoms with Crippen LogP contribution in [0.2, 0.25) is 0 Å². The van der Waals surface area contributed by atoms with Gasteiger partial charge in [0.1, 0.15) is 0 Å². The number of amides is 2. The van der Waals surface area contributed by atoms with Crippen molar-refractivity contribution < 1.29 is 32.3 Å². The molecule has 0 unspecified atom stereocenters. The van der Waals surface area contributed by atoms with Crippen LogP contribution in [0.25, 0.3) is 11.3 Å². The van der Waals surface area contributed by atoms with Gasteiger partial charge in [-0.1, -0.05) is 12.1 Å². The minimum atomic E-state index is -4.97. The summed E-state index contributed by atoms with van der Waals surface area (Å²) in [7, 11) is 0. The Morgan fingerprint density at radius 1 is 1.15 bits per heavy atom. The van der Waals surface area contributed by atoms with Gasteiger partial charge in [-0.05, 0) is 19.1 Å². The summed E-state index contributed by atoms with van der Waals surface area (Å²) < 4.78 is 41.2. The lowest BCUT2D eigenvalue weighted by Gasteiger charge is -2.08. The smallest absolute Gasteiger partial charge is 0.459 e. The second-order valence-corrected chi connectivity index (χ2v) is 5.60. The van der Waals surface area contributed by atoms with Crippen LogP contribution in [0, 0.1) is 0 Å². The topological polar surface area (TPSA) is 97.4 Å². The van der Waals surface area contributed by atoms with Gasteiger partial charge in [0.05, 0.1) is 12.3 Å². The number of thiazole rings is 1. The molecule has 0 aliphatic heterocycles. The lowest BCUT2D eigenvalue weighted by Crippen LogP contribution is -2.29. The molecule has 0 saturated carbocycles. The van der Waals surface area contributed by atoms with E-state index in [1.54, 1.807) is 17.6 Å². The summed E-state index contributed by atoms with van der Waals surface area (Å²) in [5.41, 5.74) is 0.952. The van der Waals surface area contributed by atoms with Gasteiger partial charge < -0.3 is 10.1 Å². The van der Waals surface area contributed by atoms with E-state index in [1.807, 2.05) is 0 Å². The van der Waals surface area contributed by atoms with Crippen molar-refractivity contribution in [3.63, 3.8) is 0 Å². The Balaban J connectivity index is 2.04. The van der Waals surface area contributed by atoms with Crippen LogP contribution >= 0.6 is 11.3 Å². The van der Waals surface area contributed by atoms with E-state index in [-0.39, 0.29) is 17.4 Å². The number of benzene rings is 1. The highest BCUT2D eigenvalue weighted by atomic mass is 32.1. The number of anilines is 2. The van der Waals surface area contributed by atoms with Crippen LogP contribution in [0.3, 0.4) is 0 Å². The number of alkyl halides is 3. The highest BCUT2D eigenvalue weighted by molar-refractivity contribution is 7.14. The molecule has 0 bridgehead atoms. The molecular formula is C15H12F3N3O4S. The summed E-state index contributed by atoms with van der Waals surface area (Å²) in [6.45, 7) is 1.63. The molecule has 2 amide bonds. The van der Waals surface area contributed by atoms with Crippen molar-refractivity contribution in [2.45, 2.75) is 13.1 Å². The predicted molar refractivity (Wildman–Crippen MR) is 87.5 cm³/mol. The number of hydrogen-bond donors (Lipinski definition) is 2. The first-order chi connectivity index (χ1) is 12.2. The van der Waals surface area contributed by atoms with Gasteiger partial charge in [0.15, 0.2) is 5.13 Å². The summed E-state index contributed by atoms with van der Waals surface area (Å²) in [4.78, 5) is 37.7. The molecule has 7 nitrogen and oxygen atoms in total. The van der Waals surface area contributed by atoms with Crippen LogP contribution in [0.1, 0.15) is 6.92 Å². The Bertz CT molecular complexity index is 818. The Morgan fingerprint density at radius 2 is 1.81 bits per heavy atom. The summed E-state index contributed by atoms with van der Waals surface area (Å²) in [6.07, 6.45) is -4.97. The quantitative estimate of drug-likeness (QED) is 0.621. The van der Waals surface area contributed by atoms with E-state index in [2.05, 4.69) is 15.0 Å². The highest BCUT2D eigenvalue weighted by Crippen LogP contribution is 2.26. The van der Waals surface area contributed by atoms with Crippen molar-refractivity contribution in [3.05, 3.63) is 29.6 Å². The number of rotatable bonds is 4. The maximum Gasteiger partial charge on any atom is 0.471 e. The minimum Gasteiger partial charge on any atom is -0.459 e. The molecule has 11 heteroatoms. The fraction of sp³-hybridized carbons (Fsp3) is 0.200. The highest BCUT2D eigenvalue weighted by Gasteiger charge is 2.38. The van der Waals surface area contributed by atoms with Crippen LogP contribution < -0.4 is 10.6 Å². The number of hydrogen-bond acceptors (Lipinski definition) is 6. The van der Waals surface area contributed by atoms with E-state index in [9.17, 15) is 27.6 Å². The average molecular weight is 387 g/mol.